The molecule has 1 heterocycles. The van der Waals surface area contributed by atoms with E-state index in [-0.39, 0.29) is 11.5 Å². The number of hydrogen-bond acceptors (Lipinski definition) is 3. The molecule has 1 aliphatic rings. The van der Waals surface area contributed by atoms with E-state index < -0.39 is 0 Å². The third kappa shape index (κ3) is 2.81. The van der Waals surface area contributed by atoms with Gasteiger partial charge in [-0.3, -0.25) is 0 Å². The van der Waals surface area contributed by atoms with Gasteiger partial charge in [0.25, 0.3) is 0 Å². The molecule has 1 unspecified atom stereocenters. The minimum absolute atomic E-state index is 0.0272. The van der Waals surface area contributed by atoms with Crippen molar-refractivity contribution in [3.8, 4) is 11.4 Å². The summed E-state index contributed by atoms with van der Waals surface area (Å²) >= 11 is 6.20. The summed E-state index contributed by atoms with van der Waals surface area (Å²) in [4.78, 5) is 9.23. The van der Waals surface area contributed by atoms with E-state index in [1.165, 1.54) is 0 Å². The molecule has 0 saturated carbocycles. The second kappa shape index (κ2) is 5.08. The van der Waals surface area contributed by atoms with Gasteiger partial charge in [0, 0.05) is 34.1 Å². The highest BCUT2D eigenvalue weighted by Gasteiger charge is 2.31. The minimum Gasteiger partial charge on any atom is -0.324 e. The first kappa shape index (κ1) is 14.5. The molecular formula is C17H20ClN3. The van der Waals surface area contributed by atoms with Crippen LogP contribution >= 0.6 is 11.6 Å². The van der Waals surface area contributed by atoms with Gasteiger partial charge in [0.05, 0.1) is 0 Å². The van der Waals surface area contributed by atoms with Crippen LogP contribution in [0.3, 0.4) is 0 Å². The van der Waals surface area contributed by atoms with Gasteiger partial charge in [-0.15, -0.1) is 0 Å². The van der Waals surface area contributed by atoms with Gasteiger partial charge < -0.3 is 5.73 Å². The lowest BCUT2D eigenvalue weighted by Gasteiger charge is -2.34. The second-order valence-electron chi connectivity index (χ2n) is 6.71. The highest BCUT2D eigenvalue weighted by Crippen LogP contribution is 2.39. The van der Waals surface area contributed by atoms with Gasteiger partial charge in [-0.2, -0.15) is 0 Å². The van der Waals surface area contributed by atoms with Crippen LogP contribution in [0, 0.1) is 12.3 Å². The third-order valence-electron chi connectivity index (χ3n) is 4.15. The Bertz CT molecular complexity index is 694. The quantitative estimate of drug-likeness (QED) is 0.863. The Kier molecular flexibility index (Phi) is 3.50. The summed E-state index contributed by atoms with van der Waals surface area (Å²) in [6.45, 7) is 6.46. The van der Waals surface area contributed by atoms with Crippen molar-refractivity contribution in [3.05, 3.63) is 46.2 Å². The van der Waals surface area contributed by atoms with Gasteiger partial charge in [0.15, 0.2) is 5.82 Å². The van der Waals surface area contributed by atoms with E-state index in [9.17, 15) is 0 Å². The molecule has 0 fully saturated rings. The number of halogens is 1. The van der Waals surface area contributed by atoms with E-state index in [2.05, 4.69) is 18.8 Å². The van der Waals surface area contributed by atoms with Gasteiger partial charge in [0.1, 0.15) is 0 Å². The maximum atomic E-state index is 6.25. The first-order valence-electron chi connectivity index (χ1n) is 7.24. The number of benzene rings is 1. The van der Waals surface area contributed by atoms with Gasteiger partial charge in [-0.05, 0) is 36.8 Å². The number of aromatic nitrogens is 2. The third-order valence-corrected chi connectivity index (χ3v) is 4.56. The van der Waals surface area contributed by atoms with Crippen molar-refractivity contribution in [3.63, 3.8) is 0 Å². The van der Waals surface area contributed by atoms with Crippen LogP contribution < -0.4 is 5.73 Å². The summed E-state index contributed by atoms with van der Waals surface area (Å²) in [5.74, 6) is 0.723. The fraction of sp³-hybridized carbons (Fsp3) is 0.412. The van der Waals surface area contributed by atoms with Crippen molar-refractivity contribution < 1.29 is 0 Å². The summed E-state index contributed by atoms with van der Waals surface area (Å²) in [6.07, 6.45) is 3.79. The van der Waals surface area contributed by atoms with E-state index >= 15 is 0 Å². The monoisotopic (exact) mass is 301 g/mol. The zero-order valence-corrected chi connectivity index (χ0v) is 13.4. The lowest BCUT2D eigenvalue weighted by atomic mass is 9.74. The molecule has 1 atom stereocenters. The Morgan fingerprint density at radius 1 is 1.33 bits per heavy atom. The Labute approximate surface area is 130 Å². The van der Waals surface area contributed by atoms with Gasteiger partial charge in [0.2, 0.25) is 0 Å². The van der Waals surface area contributed by atoms with Crippen LogP contribution in [-0.2, 0) is 6.42 Å². The van der Waals surface area contributed by atoms with Crippen LogP contribution in [0.1, 0.15) is 43.1 Å². The lowest BCUT2D eigenvalue weighted by Crippen LogP contribution is -2.30. The molecule has 0 radical (unpaired) electrons. The van der Waals surface area contributed by atoms with E-state index in [4.69, 9.17) is 22.3 Å². The highest BCUT2D eigenvalue weighted by molar-refractivity contribution is 6.31. The molecule has 0 amide bonds. The maximum absolute atomic E-state index is 6.25. The van der Waals surface area contributed by atoms with Crippen LogP contribution in [0.4, 0.5) is 0 Å². The number of rotatable bonds is 1. The molecule has 2 aromatic rings. The van der Waals surface area contributed by atoms with E-state index in [1.54, 1.807) is 0 Å². The fourth-order valence-electron chi connectivity index (χ4n) is 2.98. The molecule has 0 aliphatic heterocycles. The molecular weight excluding hydrogens is 282 g/mol. The molecule has 1 aliphatic carbocycles. The number of fused-ring (bicyclic) bond motifs is 1. The molecule has 3 nitrogen and oxygen atoms in total. The molecule has 3 rings (SSSR count). The van der Waals surface area contributed by atoms with Crippen LogP contribution in [0.25, 0.3) is 11.4 Å². The molecule has 0 saturated heterocycles. The van der Waals surface area contributed by atoms with Crippen molar-refractivity contribution in [1.29, 1.82) is 0 Å². The van der Waals surface area contributed by atoms with Gasteiger partial charge in [-0.1, -0.05) is 37.6 Å². The Morgan fingerprint density at radius 3 is 2.81 bits per heavy atom. The van der Waals surface area contributed by atoms with Crippen LogP contribution in [0.15, 0.2) is 24.4 Å². The topological polar surface area (TPSA) is 51.8 Å². The SMILES string of the molecule is Cc1ccc(-c2ncc3c(n2)CC(C)(C)CC3N)cc1Cl. The standard InChI is InChI=1S/C17H20ClN3/c1-10-4-5-11(6-13(10)18)16-20-9-12-14(19)7-17(2,3)8-15(12)21-16/h4-6,9,14H,7-8,19H2,1-3H3. The lowest BCUT2D eigenvalue weighted by molar-refractivity contribution is 0.278. The summed E-state index contributed by atoms with van der Waals surface area (Å²) in [6, 6.07) is 5.96. The molecule has 4 heteroatoms. The average molecular weight is 302 g/mol. The molecule has 0 spiro atoms. The van der Waals surface area contributed by atoms with Crippen LogP contribution in [0.5, 0.6) is 0 Å². The summed E-state index contributed by atoms with van der Waals surface area (Å²) in [5.41, 5.74) is 10.6. The summed E-state index contributed by atoms with van der Waals surface area (Å²) in [7, 11) is 0. The van der Waals surface area contributed by atoms with Gasteiger partial charge in [-0.25, -0.2) is 9.97 Å². The predicted octanol–water partition coefficient (Wildman–Crippen LogP) is 4.08. The van der Waals surface area contributed by atoms with Crippen molar-refractivity contribution in [2.75, 3.05) is 0 Å². The Morgan fingerprint density at radius 2 is 2.10 bits per heavy atom. The van der Waals surface area contributed by atoms with Crippen molar-refractivity contribution >= 4 is 11.6 Å². The molecule has 110 valence electrons. The van der Waals surface area contributed by atoms with E-state index in [1.807, 2.05) is 31.3 Å². The summed E-state index contributed by atoms with van der Waals surface area (Å²) in [5, 5.41) is 0.742. The second-order valence-corrected chi connectivity index (χ2v) is 7.12. The normalized spacial score (nSPS) is 20.1. The largest absolute Gasteiger partial charge is 0.324 e. The highest BCUT2D eigenvalue weighted by atomic mass is 35.5. The smallest absolute Gasteiger partial charge is 0.159 e. The summed E-state index contributed by atoms with van der Waals surface area (Å²) < 4.78 is 0. The number of nitrogens with zero attached hydrogens (tertiary/aromatic N) is 2. The maximum Gasteiger partial charge on any atom is 0.159 e. The number of aryl methyl sites for hydroxylation is 1. The molecule has 21 heavy (non-hydrogen) atoms. The zero-order valence-electron chi connectivity index (χ0n) is 12.7. The van der Waals surface area contributed by atoms with Crippen LogP contribution in [0.2, 0.25) is 5.02 Å². The molecule has 0 bridgehead atoms. The predicted molar refractivity (Wildman–Crippen MR) is 86.2 cm³/mol. The number of nitrogens with two attached hydrogens (primary N) is 1. The van der Waals surface area contributed by atoms with Crippen molar-refractivity contribution in [2.45, 2.75) is 39.7 Å². The molecule has 1 aromatic carbocycles. The first-order chi connectivity index (χ1) is 9.85. The molecule has 1 aromatic heterocycles. The average Bonchev–Trinajstić information content (AvgIpc) is 2.40. The van der Waals surface area contributed by atoms with E-state index in [0.29, 0.717) is 0 Å². The Hall–Kier alpha value is -1.45. The van der Waals surface area contributed by atoms with Gasteiger partial charge >= 0.3 is 0 Å². The minimum atomic E-state index is 0.0272. The molecule has 2 N–H and O–H groups in total. The number of hydrogen-bond donors (Lipinski definition) is 1. The van der Waals surface area contributed by atoms with E-state index in [0.717, 1.165) is 46.1 Å². The first-order valence-corrected chi connectivity index (χ1v) is 7.61. The fourth-order valence-corrected chi connectivity index (χ4v) is 3.16. The van der Waals surface area contributed by atoms with Crippen LogP contribution in [-0.4, -0.2) is 9.97 Å². The van der Waals surface area contributed by atoms with Crippen molar-refractivity contribution in [2.24, 2.45) is 11.1 Å². The zero-order chi connectivity index (χ0) is 15.2. The Balaban J connectivity index is 2.05. The van der Waals surface area contributed by atoms with Crippen molar-refractivity contribution in [1.82, 2.24) is 9.97 Å².